The van der Waals surface area contributed by atoms with Crippen molar-refractivity contribution in [2.24, 2.45) is 0 Å². The van der Waals surface area contributed by atoms with E-state index in [2.05, 4.69) is 66.1 Å². The summed E-state index contributed by atoms with van der Waals surface area (Å²) in [4.78, 5) is 0.281. The molecule has 4 nitrogen and oxygen atoms in total. The van der Waals surface area contributed by atoms with Crippen LogP contribution in [0, 0.1) is 13.8 Å². The number of aryl methyl sites for hydroxylation is 2. The minimum Gasteiger partial charge on any atom is -0.311 e. The number of rotatable bonds is 3. The van der Waals surface area contributed by atoms with Crippen molar-refractivity contribution in [1.29, 1.82) is 0 Å². The number of aromatic nitrogens is 1. The highest BCUT2D eigenvalue weighted by atomic mass is 32.2. The summed E-state index contributed by atoms with van der Waals surface area (Å²) in [6, 6.07) is 38.1. The lowest BCUT2D eigenvalue weighted by Crippen LogP contribution is -2.32. The molecule has 0 amide bonds. The van der Waals surface area contributed by atoms with E-state index in [0.717, 1.165) is 55.3 Å². The van der Waals surface area contributed by atoms with E-state index in [0.29, 0.717) is 5.69 Å². The highest BCUT2D eigenvalue weighted by Gasteiger charge is 2.33. The third kappa shape index (κ3) is 3.93. The maximum Gasteiger partial charge on any atom is 0.264 e. The van der Waals surface area contributed by atoms with Crippen LogP contribution in [0.15, 0.2) is 120 Å². The molecule has 40 heavy (non-hydrogen) atoms. The largest absolute Gasteiger partial charge is 0.311 e. The SMILES string of the molecule is Cc1ccc(S(=O)(=O)N2CC(=Cc3cccc(C)c3)n3c(cc4ccccc43)-c3c2ccc2ccccc32)cc1. The van der Waals surface area contributed by atoms with Crippen molar-refractivity contribution in [2.45, 2.75) is 18.7 Å². The highest BCUT2D eigenvalue weighted by Crippen LogP contribution is 2.46. The molecule has 7 rings (SSSR count). The van der Waals surface area contributed by atoms with Crippen molar-refractivity contribution in [1.82, 2.24) is 4.57 Å². The molecule has 5 aromatic carbocycles. The smallest absolute Gasteiger partial charge is 0.264 e. The summed E-state index contributed by atoms with van der Waals surface area (Å²) in [5, 5.41) is 3.20. The van der Waals surface area contributed by atoms with Crippen LogP contribution in [-0.2, 0) is 10.0 Å². The lowest BCUT2D eigenvalue weighted by molar-refractivity contribution is 0.593. The van der Waals surface area contributed by atoms with Gasteiger partial charge in [-0.3, -0.25) is 4.31 Å². The molecule has 5 heteroatoms. The Morgan fingerprint density at radius 1 is 0.700 bits per heavy atom. The van der Waals surface area contributed by atoms with Crippen LogP contribution in [0.25, 0.3) is 44.7 Å². The van der Waals surface area contributed by atoms with Gasteiger partial charge in [-0.25, -0.2) is 8.42 Å². The highest BCUT2D eigenvalue weighted by molar-refractivity contribution is 7.92. The number of anilines is 1. The molecule has 6 aromatic rings. The third-order valence-corrected chi connectivity index (χ3v) is 9.49. The zero-order valence-corrected chi connectivity index (χ0v) is 23.2. The fraction of sp³-hybridized carbons (Fsp3) is 0.0857. The van der Waals surface area contributed by atoms with Gasteiger partial charge >= 0.3 is 0 Å². The van der Waals surface area contributed by atoms with E-state index in [9.17, 15) is 8.42 Å². The van der Waals surface area contributed by atoms with E-state index in [-0.39, 0.29) is 11.4 Å². The van der Waals surface area contributed by atoms with Gasteiger partial charge in [-0.1, -0.05) is 96.1 Å². The fourth-order valence-corrected chi connectivity index (χ4v) is 7.25. The Bertz CT molecular complexity index is 2070. The van der Waals surface area contributed by atoms with E-state index in [1.807, 2.05) is 61.5 Å². The predicted octanol–water partition coefficient (Wildman–Crippen LogP) is 8.29. The van der Waals surface area contributed by atoms with Crippen LogP contribution >= 0.6 is 0 Å². The van der Waals surface area contributed by atoms with Gasteiger partial charge in [-0.15, -0.1) is 0 Å². The van der Waals surface area contributed by atoms with Crippen molar-refractivity contribution >= 4 is 49.2 Å². The molecular formula is C35H28N2O2S. The van der Waals surface area contributed by atoms with Gasteiger partial charge in [-0.05, 0) is 66.6 Å². The van der Waals surface area contributed by atoms with E-state index in [1.165, 1.54) is 0 Å². The lowest BCUT2D eigenvalue weighted by atomic mass is 10.00. The van der Waals surface area contributed by atoms with Crippen LogP contribution in [0.4, 0.5) is 5.69 Å². The quantitative estimate of drug-likeness (QED) is 0.227. The molecule has 0 bridgehead atoms. The van der Waals surface area contributed by atoms with Crippen LogP contribution in [0.3, 0.4) is 0 Å². The average molecular weight is 541 g/mol. The topological polar surface area (TPSA) is 42.3 Å². The summed E-state index contributed by atoms with van der Waals surface area (Å²) in [5.41, 5.74) is 7.70. The number of fused-ring (bicyclic) bond motifs is 7. The Morgan fingerprint density at radius 2 is 1.45 bits per heavy atom. The molecule has 0 atom stereocenters. The van der Waals surface area contributed by atoms with Crippen molar-refractivity contribution in [3.05, 3.63) is 132 Å². The first-order chi connectivity index (χ1) is 19.4. The number of hydrogen-bond donors (Lipinski definition) is 0. The van der Waals surface area contributed by atoms with Crippen molar-refractivity contribution in [3.8, 4) is 11.3 Å². The molecule has 0 saturated heterocycles. The molecule has 2 heterocycles. The molecule has 0 spiro atoms. The summed E-state index contributed by atoms with van der Waals surface area (Å²) in [6.07, 6.45) is 2.12. The average Bonchev–Trinajstić information content (AvgIpc) is 3.27. The van der Waals surface area contributed by atoms with Crippen LogP contribution < -0.4 is 4.31 Å². The number of hydrogen-bond acceptors (Lipinski definition) is 2. The summed E-state index contributed by atoms with van der Waals surface area (Å²) in [5.74, 6) is 0. The Morgan fingerprint density at radius 3 is 2.25 bits per heavy atom. The van der Waals surface area contributed by atoms with E-state index in [4.69, 9.17) is 0 Å². The summed E-state index contributed by atoms with van der Waals surface area (Å²) >= 11 is 0. The second-order valence-corrected chi connectivity index (χ2v) is 12.3. The molecule has 1 aromatic heterocycles. The van der Waals surface area contributed by atoms with Gasteiger partial charge in [0.25, 0.3) is 10.0 Å². The number of sulfonamides is 1. The molecule has 1 aliphatic rings. The van der Waals surface area contributed by atoms with Crippen LogP contribution in [0.2, 0.25) is 0 Å². The fourth-order valence-electron chi connectivity index (χ4n) is 5.80. The van der Waals surface area contributed by atoms with Crippen molar-refractivity contribution in [2.75, 3.05) is 10.8 Å². The molecule has 196 valence electrons. The first-order valence-corrected chi connectivity index (χ1v) is 14.8. The summed E-state index contributed by atoms with van der Waals surface area (Å²) < 4.78 is 32.7. The van der Waals surface area contributed by atoms with Gasteiger partial charge in [0.1, 0.15) is 0 Å². The minimum atomic E-state index is -3.89. The van der Waals surface area contributed by atoms with E-state index in [1.54, 1.807) is 16.4 Å². The minimum absolute atomic E-state index is 0.182. The van der Waals surface area contributed by atoms with Gasteiger partial charge in [0.15, 0.2) is 0 Å². The molecular weight excluding hydrogens is 512 g/mol. The maximum atomic E-state index is 14.4. The zero-order valence-electron chi connectivity index (χ0n) is 22.4. The molecule has 0 unspecified atom stereocenters. The molecule has 0 saturated carbocycles. The molecule has 0 radical (unpaired) electrons. The molecule has 0 aliphatic carbocycles. The van der Waals surface area contributed by atoms with E-state index < -0.39 is 10.0 Å². The number of para-hydroxylation sites is 1. The first-order valence-electron chi connectivity index (χ1n) is 13.4. The second kappa shape index (κ2) is 9.25. The molecule has 1 aliphatic heterocycles. The maximum absolute atomic E-state index is 14.4. The molecule has 0 N–H and O–H groups in total. The third-order valence-electron chi connectivity index (χ3n) is 7.72. The standard InChI is InChI=1S/C35H28N2O2S/c1-24-14-17-30(18-15-24)40(38,39)36-23-29(21-26-9-7-8-25(2)20-26)37-32-13-6-4-11-28(32)22-34(37)35-31-12-5-3-10-27(31)16-19-33(35)36/h3-22H,23H2,1-2H3. The van der Waals surface area contributed by atoms with Crippen molar-refractivity contribution < 1.29 is 8.42 Å². The summed E-state index contributed by atoms with van der Waals surface area (Å²) in [7, 11) is -3.89. The Balaban J connectivity index is 1.59. The van der Waals surface area contributed by atoms with Gasteiger partial charge in [0.05, 0.1) is 28.3 Å². The van der Waals surface area contributed by atoms with Gasteiger partial charge < -0.3 is 4.57 Å². The zero-order chi connectivity index (χ0) is 27.4. The van der Waals surface area contributed by atoms with Crippen LogP contribution in [0.1, 0.15) is 16.7 Å². The monoisotopic (exact) mass is 540 g/mol. The second-order valence-electron chi connectivity index (χ2n) is 10.5. The van der Waals surface area contributed by atoms with Crippen LogP contribution in [-0.4, -0.2) is 19.5 Å². The van der Waals surface area contributed by atoms with Gasteiger partial charge in [0, 0.05) is 16.6 Å². The van der Waals surface area contributed by atoms with E-state index >= 15 is 0 Å². The van der Waals surface area contributed by atoms with Gasteiger partial charge in [-0.2, -0.15) is 0 Å². The lowest BCUT2D eigenvalue weighted by Gasteiger charge is -2.26. The Labute approximate surface area is 234 Å². The predicted molar refractivity (Wildman–Crippen MR) is 166 cm³/mol. The summed E-state index contributed by atoms with van der Waals surface area (Å²) in [6.45, 7) is 4.22. The number of nitrogens with zero attached hydrogens (tertiary/aromatic N) is 2. The van der Waals surface area contributed by atoms with Gasteiger partial charge in [0.2, 0.25) is 0 Å². The normalized spacial score (nSPS) is 14.3. The molecule has 0 fully saturated rings. The van der Waals surface area contributed by atoms with Crippen LogP contribution in [0.5, 0.6) is 0 Å². The Hall–Kier alpha value is -4.61. The van der Waals surface area contributed by atoms with Crippen molar-refractivity contribution in [3.63, 3.8) is 0 Å². The Kier molecular flexibility index (Phi) is 5.65. The first kappa shape index (κ1) is 24.4. The number of benzene rings is 5.